The zero-order chi connectivity index (χ0) is 51.5. The highest BCUT2D eigenvalue weighted by Crippen LogP contribution is 2.32. The molecule has 1 aliphatic carbocycles. The maximum atomic E-state index is 13.6. The van der Waals surface area contributed by atoms with E-state index < -0.39 is 0 Å². The van der Waals surface area contributed by atoms with Crippen LogP contribution in [0.3, 0.4) is 0 Å². The summed E-state index contributed by atoms with van der Waals surface area (Å²) < 4.78 is 29.5. The first-order valence-electron chi connectivity index (χ1n) is 25.0. The van der Waals surface area contributed by atoms with E-state index in [0.717, 1.165) is 68.2 Å². The van der Waals surface area contributed by atoms with Gasteiger partial charge in [-0.25, -0.2) is 9.97 Å². The number of anilines is 4. The summed E-state index contributed by atoms with van der Waals surface area (Å²) in [5.41, 5.74) is 3.61. The van der Waals surface area contributed by atoms with E-state index in [1.807, 2.05) is 26.0 Å². The molecule has 5 N–H and O–H groups in total. The number of pyridine rings is 2. The summed E-state index contributed by atoms with van der Waals surface area (Å²) in [5, 5.41) is 15.8. The number of ether oxygens (including phenoxy) is 5. The highest BCUT2D eigenvalue weighted by molar-refractivity contribution is 8.03. The number of aryl methyl sites for hydroxylation is 1. The molecule has 21 nitrogen and oxygen atoms in total. The van der Waals surface area contributed by atoms with Crippen molar-refractivity contribution in [3.63, 3.8) is 0 Å². The summed E-state index contributed by atoms with van der Waals surface area (Å²) in [5.74, 6) is 0.0472. The van der Waals surface area contributed by atoms with Crippen LogP contribution in [0.15, 0.2) is 64.2 Å². The Morgan fingerprint density at radius 2 is 1.44 bits per heavy atom. The van der Waals surface area contributed by atoms with Crippen molar-refractivity contribution < 1.29 is 42.9 Å². The summed E-state index contributed by atoms with van der Waals surface area (Å²) >= 11 is 1.54. The third kappa shape index (κ3) is 16.0. The number of hydrogen-bond acceptors (Lipinski definition) is 18. The Kier molecular flexibility index (Phi) is 20.9. The molecule has 7 rings (SSSR count). The number of benzene rings is 1. The largest absolute Gasteiger partial charge is 0.379 e. The lowest BCUT2D eigenvalue weighted by Gasteiger charge is -2.35. The quantitative estimate of drug-likeness (QED) is 0.0388. The van der Waals surface area contributed by atoms with Crippen molar-refractivity contribution in [2.24, 2.45) is 0 Å². The number of allylic oxidation sites excluding steroid dienone is 2. The summed E-state index contributed by atoms with van der Waals surface area (Å²) in [4.78, 5) is 83.5. The van der Waals surface area contributed by atoms with Gasteiger partial charge in [-0.1, -0.05) is 36.7 Å². The van der Waals surface area contributed by atoms with Crippen LogP contribution in [-0.4, -0.2) is 159 Å². The zero-order valence-electron chi connectivity index (χ0n) is 42.3. The number of thioether (sulfide) groups is 1. The number of hydrogen-bond donors (Lipinski definition) is 5. The molecule has 4 aromatic rings. The Labute approximate surface area is 429 Å². The normalized spacial score (nSPS) is 16.2. The van der Waals surface area contributed by atoms with E-state index >= 15 is 0 Å². The van der Waals surface area contributed by atoms with Gasteiger partial charge < -0.3 is 55.2 Å². The number of amides is 3. The van der Waals surface area contributed by atoms with Crippen molar-refractivity contribution in [3.8, 4) is 0 Å². The van der Waals surface area contributed by atoms with Crippen LogP contribution in [0.4, 0.5) is 23.1 Å². The van der Waals surface area contributed by atoms with Crippen LogP contribution in [-0.2, 0) is 33.3 Å². The van der Waals surface area contributed by atoms with Crippen molar-refractivity contribution in [1.29, 1.82) is 0 Å². The van der Waals surface area contributed by atoms with Gasteiger partial charge in [-0.15, -0.1) is 0 Å². The predicted octanol–water partition coefficient (Wildman–Crippen LogP) is 4.51. The molecule has 2 aliphatic heterocycles. The molecular formula is C51H69N11O10S. The number of piperazine rings is 1. The van der Waals surface area contributed by atoms with Gasteiger partial charge in [0.25, 0.3) is 11.5 Å². The van der Waals surface area contributed by atoms with E-state index in [1.165, 1.54) is 18.7 Å². The lowest BCUT2D eigenvalue weighted by Crippen LogP contribution is -2.49. The Bertz CT molecular complexity index is 2590. The first kappa shape index (κ1) is 54.8. The second-order valence-electron chi connectivity index (χ2n) is 17.9. The molecule has 3 amide bonds. The highest BCUT2D eigenvalue weighted by Gasteiger charge is 2.27. The Balaban J connectivity index is 0.661. The second-order valence-corrected chi connectivity index (χ2v) is 19.3. The maximum Gasteiger partial charge on any atom is 0.263 e. The number of rotatable bonds is 28. The SMILES string of the molecule is CC(=O)c1c(C)c2cnc(Nc3ccc(N4CCN(CC(=O)NCCOCCOCCOCCOCCOCCC(=O)Nc5ccccc5C(=O)NC5NC(C)=C(C)S5)CC4)cn3)nc2n(C2CCCC2)c1=O. The smallest absolute Gasteiger partial charge is 0.263 e. The Morgan fingerprint density at radius 1 is 0.781 bits per heavy atom. The van der Waals surface area contributed by atoms with Crippen LogP contribution < -0.4 is 37.0 Å². The number of nitrogens with zero attached hydrogens (tertiary/aromatic N) is 6. The molecule has 22 heteroatoms. The van der Waals surface area contributed by atoms with Gasteiger partial charge in [-0.05, 0) is 70.4 Å². The Hall–Kier alpha value is -6.01. The molecule has 1 unspecified atom stereocenters. The van der Waals surface area contributed by atoms with Crippen LogP contribution in [0.5, 0.6) is 0 Å². The van der Waals surface area contributed by atoms with E-state index in [9.17, 15) is 24.0 Å². The molecule has 5 heterocycles. The molecule has 2 fully saturated rings. The second kappa shape index (κ2) is 27.9. The molecular weight excluding hydrogens is 959 g/mol. The monoisotopic (exact) mass is 1030 g/mol. The minimum absolute atomic E-state index is 0.00455. The molecule has 0 bridgehead atoms. The molecule has 1 atom stereocenters. The molecule has 3 aromatic heterocycles. The van der Waals surface area contributed by atoms with E-state index in [0.29, 0.717) is 112 Å². The van der Waals surface area contributed by atoms with Gasteiger partial charge >= 0.3 is 0 Å². The molecule has 3 aliphatic rings. The third-order valence-corrected chi connectivity index (χ3v) is 13.9. The van der Waals surface area contributed by atoms with Crippen molar-refractivity contribution in [1.82, 2.24) is 40.4 Å². The van der Waals surface area contributed by atoms with Crippen LogP contribution in [0.1, 0.15) is 85.2 Å². The van der Waals surface area contributed by atoms with Gasteiger partial charge in [-0.3, -0.25) is 33.4 Å². The topological polar surface area (TPSA) is 242 Å². The Morgan fingerprint density at radius 3 is 2.07 bits per heavy atom. The molecule has 73 heavy (non-hydrogen) atoms. The zero-order valence-corrected chi connectivity index (χ0v) is 43.1. The van der Waals surface area contributed by atoms with E-state index in [-0.39, 0.29) is 59.2 Å². The lowest BCUT2D eigenvalue weighted by atomic mass is 10.0. The van der Waals surface area contributed by atoms with Gasteiger partial charge in [0.05, 0.1) is 108 Å². The van der Waals surface area contributed by atoms with Gasteiger partial charge in [-0.2, -0.15) is 4.98 Å². The minimum Gasteiger partial charge on any atom is -0.379 e. The van der Waals surface area contributed by atoms with Crippen molar-refractivity contribution >= 4 is 69.4 Å². The number of fused-ring (bicyclic) bond motifs is 1. The number of para-hydroxylation sites is 1. The summed E-state index contributed by atoms with van der Waals surface area (Å²) in [6, 6.07) is 10.8. The maximum absolute atomic E-state index is 13.6. The van der Waals surface area contributed by atoms with Crippen molar-refractivity contribution in [2.45, 2.75) is 71.3 Å². The molecule has 1 aromatic carbocycles. The first-order chi connectivity index (χ1) is 35.4. The predicted molar refractivity (Wildman–Crippen MR) is 279 cm³/mol. The number of aromatic nitrogens is 4. The van der Waals surface area contributed by atoms with Crippen molar-refractivity contribution in [3.05, 3.63) is 86.4 Å². The van der Waals surface area contributed by atoms with Gasteiger partial charge in [0.15, 0.2) is 11.3 Å². The molecule has 0 spiro atoms. The average Bonchev–Trinajstić information content (AvgIpc) is 4.02. The standard InChI is InChI=1S/C51H69N11O10S/c1-34-41-32-54-50(58-47(41)62(38-9-5-6-10-38)49(67)46(34)36(3)63)57-43-14-13-39(31-53-43)61-19-17-60(18-20-61)33-45(65)52-16-22-69-24-26-71-28-30-72-29-27-70-25-23-68-21-15-44(64)56-42-12-8-7-11-40(42)48(66)59-51-55-35(2)37(4)73-51/h7-8,11-14,31-32,38,51,55H,5-6,9-10,15-30,33H2,1-4H3,(H,52,65)(H,56,64)(H,59,66)(H,53,54,57,58). The van der Waals surface area contributed by atoms with E-state index in [2.05, 4.69) is 46.4 Å². The van der Waals surface area contributed by atoms with Crippen LogP contribution in [0, 0.1) is 6.92 Å². The fraction of sp³-hybridized carbons (Fsp3) is 0.529. The third-order valence-electron chi connectivity index (χ3n) is 12.8. The average molecular weight is 1030 g/mol. The minimum atomic E-state index is -0.287. The number of nitrogens with one attached hydrogen (secondary N) is 5. The van der Waals surface area contributed by atoms with Gasteiger partial charge in [0.1, 0.15) is 11.5 Å². The van der Waals surface area contributed by atoms with E-state index in [1.54, 1.807) is 48.1 Å². The summed E-state index contributed by atoms with van der Waals surface area (Å²) in [6.07, 6.45) is 7.41. The first-order valence-corrected chi connectivity index (χ1v) is 25.9. The summed E-state index contributed by atoms with van der Waals surface area (Å²) in [7, 11) is 0. The number of carbonyl (C=O) groups excluding carboxylic acids is 4. The van der Waals surface area contributed by atoms with Gasteiger partial charge in [0.2, 0.25) is 17.8 Å². The molecule has 1 saturated carbocycles. The fourth-order valence-electron chi connectivity index (χ4n) is 8.76. The summed E-state index contributed by atoms with van der Waals surface area (Å²) in [6.45, 7) is 14.6. The lowest BCUT2D eigenvalue weighted by molar-refractivity contribution is -0.122. The van der Waals surface area contributed by atoms with Gasteiger partial charge in [0, 0.05) is 61.0 Å². The fourth-order valence-corrected chi connectivity index (χ4v) is 9.75. The number of Topliss-reactive ketones (excluding diaryl/α,β-unsaturated/α-hetero) is 1. The molecule has 1 saturated heterocycles. The molecule has 0 radical (unpaired) electrons. The number of carbonyl (C=O) groups is 4. The van der Waals surface area contributed by atoms with Crippen LogP contribution in [0.25, 0.3) is 11.0 Å². The van der Waals surface area contributed by atoms with E-state index in [4.69, 9.17) is 28.7 Å². The van der Waals surface area contributed by atoms with Crippen LogP contribution >= 0.6 is 11.8 Å². The highest BCUT2D eigenvalue weighted by atomic mass is 32.2. The number of ketones is 1. The van der Waals surface area contributed by atoms with Crippen LogP contribution in [0.2, 0.25) is 0 Å². The van der Waals surface area contributed by atoms with Crippen molar-refractivity contribution in [2.75, 3.05) is 121 Å². The molecule has 394 valence electrons.